The highest BCUT2D eigenvalue weighted by atomic mass is 16.5. The number of terminal acetylenes is 1. The van der Waals surface area contributed by atoms with Gasteiger partial charge in [-0.3, -0.25) is 0 Å². The molecule has 1 aromatic carbocycles. The average molecular weight is 189 g/mol. The highest BCUT2D eigenvalue weighted by Gasteiger charge is 1.93. The summed E-state index contributed by atoms with van der Waals surface area (Å²) in [5.41, 5.74) is 1.21. The van der Waals surface area contributed by atoms with Gasteiger partial charge in [-0.25, -0.2) is 0 Å². The Morgan fingerprint density at radius 3 is 2.64 bits per heavy atom. The van der Waals surface area contributed by atoms with E-state index in [-0.39, 0.29) is 0 Å². The van der Waals surface area contributed by atoms with Crippen molar-refractivity contribution >= 4 is 0 Å². The number of ether oxygens (including phenoxy) is 1. The van der Waals surface area contributed by atoms with Gasteiger partial charge in [-0.1, -0.05) is 18.1 Å². The van der Waals surface area contributed by atoms with E-state index in [4.69, 9.17) is 11.2 Å². The highest BCUT2D eigenvalue weighted by molar-refractivity contribution is 5.27. The molecule has 0 unspecified atom stereocenters. The van der Waals surface area contributed by atoms with Crippen LogP contribution in [0.2, 0.25) is 0 Å². The number of hydrogen-bond donors (Lipinski definition) is 1. The average Bonchev–Trinajstić information content (AvgIpc) is 2.21. The van der Waals surface area contributed by atoms with Gasteiger partial charge in [-0.2, -0.15) is 0 Å². The fraction of sp³-hybridized carbons (Fsp3) is 0.333. The molecule has 1 N–H and O–H groups in total. The Hall–Kier alpha value is -1.46. The van der Waals surface area contributed by atoms with Crippen LogP contribution in [0.4, 0.5) is 0 Å². The Balaban J connectivity index is 2.43. The van der Waals surface area contributed by atoms with Crippen LogP contribution in [-0.4, -0.2) is 13.2 Å². The summed E-state index contributed by atoms with van der Waals surface area (Å²) in [5, 5.41) is 3.13. The molecule has 1 aromatic rings. The zero-order valence-corrected chi connectivity index (χ0v) is 8.42. The van der Waals surface area contributed by atoms with E-state index in [1.54, 1.807) is 0 Å². The number of rotatable bonds is 5. The van der Waals surface area contributed by atoms with E-state index in [1.807, 2.05) is 31.2 Å². The van der Waals surface area contributed by atoms with Crippen molar-refractivity contribution in [2.24, 2.45) is 0 Å². The second kappa shape index (κ2) is 6.06. The molecule has 0 fully saturated rings. The van der Waals surface area contributed by atoms with Gasteiger partial charge in [-0.05, 0) is 24.6 Å². The molecule has 0 radical (unpaired) electrons. The molecule has 0 spiro atoms. The van der Waals surface area contributed by atoms with Crippen molar-refractivity contribution in [2.45, 2.75) is 13.5 Å². The zero-order valence-electron chi connectivity index (χ0n) is 8.42. The largest absolute Gasteiger partial charge is 0.494 e. The first-order valence-corrected chi connectivity index (χ1v) is 4.72. The molecular formula is C12H15NO. The van der Waals surface area contributed by atoms with Gasteiger partial charge in [0, 0.05) is 6.54 Å². The van der Waals surface area contributed by atoms with Gasteiger partial charge in [0.05, 0.1) is 13.2 Å². The van der Waals surface area contributed by atoms with Crippen molar-refractivity contribution in [3.8, 4) is 18.1 Å². The third kappa shape index (κ3) is 3.51. The smallest absolute Gasteiger partial charge is 0.119 e. The molecule has 0 atom stereocenters. The first kappa shape index (κ1) is 10.6. The first-order valence-electron chi connectivity index (χ1n) is 4.72. The van der Waals surface area contributed by atoms with Gasteiger partial charge in [0.15, 0.2) is 0 Å². The molecule has 0 aliphatic carbocycles. The van der Waals surface area contributed by atoms with E-state index in [0.717, 1.165) is 12.3 Å². The predicted molar refractivity (Wildman–Crippen MR) is 58.2 cm³/mol. The summed E-state index contributed by atoms with van der Waals surface area (Å²) < 4.78 is 5.33. The Bertz CT molecular complexity index is 297. The summed E-state index contributed by atoms with van der Waals surface area (Å²) in [6.45, 7) is 4.08. The molecule has 0 aromatic heterocycles. The molecule has 0 amide bonds. The van der Waals surface area contributed by atoms with Gasteiger partial charge in [0.25, 0.3) is 0 Å². The van der Waals surface area contributed by atoms with Gasteiger partial charge in [-0.15, -0.1) is 6.42 Å². The van der Waals surface area contributed by atoms with Crippen molar-refractivity contribution in [3.05, 3.63) is 29.8 Å². The molecule has 0 aliphatic heterocycles. The molecule has 0 saturated heterocycles. The van der Waals surface area contributed by atoms with Crippen LogP contribution in [0.3, 0.4) is 0 Å². The molecule has 1 rings (SSSR count). The topological polar surface area (TPSA) is 21.3 Å². The lowest BCUT2D eigenvalue weighted by molar-refractivity contribution is 0.340. The van der Waals surface area contributed by atoms with Crippen LogP contribution >= 0.6 is 0 Å². The van der Waals surface area contributed by atoms with Gasteiger partial charge < -0.3 is 10.1 Å². The minimum Gasteiger partial charge on any atom is -0.494 e. The molecule has 2 nitrogen and oxygen atoms in total. The van der Waals surface area contributed by atoms with Crippen LogP contribution in [0, 0.1) is 12.3 Å². The zero-order chi connectivity index (χ0) is 10.2. The summed E-state index contributed by atoms with van der Waals surface area (Å²) in [5.74, 6) is 3.44. The fourth-order valence-corrected chi connectivity index (χ4v) is 1.15. The Morgan fingerprint density at radius 2 is 2.07 bits per heavy atom. The Labute approximate surface area is 85.3 Å². The normalized spacial score (nSPS) is 9.43. The lowest BCUT2D eigenvalue weighted by atomic mass is 10.2. The van der Waals surface area contributed by atoms with E-state index in [0.29, 0.717) is 13.2 Å². The maximum absolute atomic E-state index is 5.33. The van der Waals surface area contributed by atoms with Crippen molar-refractivity contribution in [3.63, 3.8) is 0 Å². The highest BCUT2D eigenvalue weighted by Crippen LogP contribution is 2.11. The summed E-state index contributed by atoms with van der Waals surface area (Å²) >= 11 is 0. The third-order valence-electron chi connectivity index (χ3n) is 1.79. The van der Waals surface area contributed by atoms with Crippen LogP contribution in [0.1, 0.15) is 12.5 Å². The SMILES string of the molecule is C#CCNCc1ccc(OCC)cc1. The second-order valence-electron chi connectivity index (χ2n) is 2.88. The van der Waals surface area contributed by atoms with Gasteiger partial charge in [0.1, 0.15) is 5.75 Å². The first-order chi connectivity index (χ1) is 6.86. The summed E-state index contributed by atoms with van der Waals surface area (Å²) in [6.07, 6.45) is 5.12. The Kier molecular flexibility index (Phi) is 4.60. The summed E-state index contributed by atoms with van der Waals surface area (Å²) in [4.78, 5) is 0. The van der Waals surface area contributed by atoms with Crippen LogP contribution in [-0.2, 0) is 6.54 Å². The number of hydrogen-bond acceptors (Lipinski definition) is 2. The van der Waals surface area contributed by atoms with Gasteiger partial charge >= 0.3 is 0 Å². The van der Waals surface area contributed by atoms with E-state index in [9.17, 15) is 0 Å². The maximum atomic E-state index is 5.33. The van der Waals surface area contributed by atoms with Crippen LogP contribution in [0.25, 0.3) is 0 Å². The summed E-state index contributed by atoms with van der Waals surface area (Å²) in [6, 6.07) is 8.01. The standard InChI is InChI=1S/C12H15NO/c1-3-9-13-10-11-5-7-12(8-6-11)14-4-2/h1,5-8,13H,4,9-10H2,2H3. The van der Waals surface area contributed by atoms with Crippen molar-refractivity contribution in [2.75, 3.05) is 13.2 Å². The van der Waals surface area contributed by atoms with E-state index < -0.39 is 0 Å². The van der Waals surface area contributed by atoms with Crippen molar-refractivity contribution in [1.29, 1.82) is 0 Å². The maximum Gasteiger partial charge on any atom is 0.119 e. The Morgan fingerprint density at radius 1 is 1.36 bits per heavy atom. The molecule has 0 saturated carbocycles. The fourth-order valence-electron chi connectivity index (χ4n) is 1.15. The predicted octanol–water partition coefficient (Wildman–Crippen LogP) is 1.81. The lowest BCUT2D eigenvalue weighted by Crippen LogP contribution is -2.12. The monoisotopic (exact) mass is 189 g/mol. The van der Waals surface area contributed by atoms with Crippen LogP contribution in [0.5, 0.6) is 5.75 Å². The minimum atomic E-state index is 0.604. The van der Waals surface area contributed by atoms with Crippen molar-refractivity contribution in [1.82, 2.24) is 5.32 Å². The molecule has 74 valence electrons. The van der Waals surface area contributed by atoms with Crippen LogP contribution in [0.15, 0.2) is 24.3 Å². The molecule has 0 heterocycles. The second-order valence-corrected chi connectivity index (χ2v) is 2.88. The third-order valence-corrected chi connectivity index (χ3v) is 1.79. The number of benzene rings is 1. The lowest BCUT2D eigenvalue weighted by Gasteiger charge is -2.04. The molecule has 0 aliphatic rings. The van der Waals surface area contributed by atoms with E-state index in [2.05, 4.69) is 11.2 Å². The van der Waals surface area contributed by atoms with E-state index in [1.165, 1.54) is 5.56 Å². The van der Waals surface area contributed by atoms with E-state index >= 15 is 0 Å². The van der Waals surface area contributed by atoms with Gasteiger partial charge in [0.2, 0.25) is 0 Å². The minimum absolute atomic E-state index is 0.604. The molecule has 14 heavy (non-hydrogen) atoms. The number of nitrogens with one attached hydrogen (secondary N) is 1. The molecule has 2 heteroatoms. The van der Waals surface area contributed by atoms with Crippen LogP contribution < -0.4 is 10.1 Å². The molecular weight excluding hydrogens is 174 g/mol. The summed E-state index contributed by atoms with van der Waals surface area (Å²) in [7, 11) is 0. The quantitative estimate of drug-likeness (QED) is 0.563. The van der Waals surface area contributed by atoms with Crippen molar-refractivity contribution < 1.29 is 4.74 Å². The molecule has 0 bridgehead atoms.